The second kappa shape index (κ2) is 12.3. The lowest BCUT2D eigenvalue weighted by Gasteiger charge is -2.30. The molecule has 2 aliphatic rings. The topological polar surface area (TPSA) is 50.8 Å². The SMILES string of the molecule is CC1(C)c2ccccc2-c2ccc(N(c3ccc(-c4ccc(-c5ccc(C=C(C#N)C#N)s5)s4)cc3)c3ccc4c(c3)C(C)(C)c3ccccc3-4)cc21. The first kappa shape index (κ1) is 32.9. The molecule has 53 heavy (non-hydrogen) atoms. The predicted molar refractivity (Wildman–Crippen MR) is 222 cm³/mol. The summed E-state index contributed by atoms with van der Waals surface area (Å²) in [6, 6.07) is 52.9. The van der Waals surface area contributed by atoms with Crippen LogP contribution in [0.5, 0.6) is 0 Å². The van der Waals surface area contributed by atoms with E-state index in [9.17, 15) is 0 Å². The molecule has 7 aromatic rings. The van der Waals surface area contributed by atoms with Gasteiger partial charge in [0.05, 0.1) is 0 Å². The van der Waals surface area contributed by atoms with E-state index >= 15 is 0 Å². The Kier molecular flexibility index (Phi) is 7.65. The van der Waals surface area contributed by atoms with Crippen LogP contribution in [-0.2, 0) is 10.8 Å². The molecule has 5 aromatic carbocycles. The molecule has 2 aromatic heterocycles. The van der Waals surface area contributed by atoms with Crippen LogP contribution in [0.15, 0.2) is 139 Å². The molecule has 2 aliphatic carbocycles. The summed E-state index contributed by atoms with van der Waals surface area (Å²) in [5, 5.41) is 18.3. The smallest absolute Gasteiger partial charge is 0.131 e. The van der Waals surface area contributed by atoms with Gasteiger partial charge in [-0.3, -0.25) is 0 Å². The molecule has 0 atom stereocenters. The Morgan fingerprint density at radius 2 is 0.981 bits per heavy atom. The highest BCUT2D eigenvalue weighted by Gasteiger charge is 2.37. The number of hydrogen-bond acceptors (Lipinski definition) is 5. The van der Waals surface area contributed by atoms with Gasteiger partial charge in [-0.2, -0.15) is 10.5 Å². The quantitative estimate of drug-likeness (QED) is 0.161. The third kappa shape index (κ3) is 5.28. The molecule has 5 heteroatoms. The van der Waals surface area contributed by atoms with Gasteiger partial charge in [0.25, 0.3) is 0 Å². The first-order valence-corrected chi connectivity index (χ1v) is 19.4. The molecule has 0 fully saturated rings. The Morgan fingerprint density at radius 3 is 1.55 bits per heavy atom. The molecular formula is C48H35N3S2. The van der Waals surface area contributed by atoms with Crippen LogP contribution < -0.4 is 4.90 Å². The fraction of sp³-hybridized carbons (Fsp3) is 0.125. The number of benzene rings is 5. The van der Waals surface area contributed by atoms with Crippen molar-refractivity contribution in [1.29, 1.82) is 10.5 Å². The van der Waals surface area contributed by atoms with Crippen molar-refractivity contribution in [3.05, 3.63) is 166 Å². The van der Waals surface area contributed by atoms with Gasteiger partial charge in [-0.05, 0) is 117 Å². The highest BCUT2D eigenvalue weighted by Crippen LogP contribution is 2.53. The lowest BCUT2D eigenvalue weighted by Crippen LogP contribution is -2.18. The van der Waals surface area contributed by atoms with Crippen molar-refractivity contribution in [2.24, 2.45) is 0 Å². The lowest BCUT2D eigenvalue weighted by atomic mass is 9.82. The van der Waals surface area contributed by atoms with E-state index in [0.717, 1.165) is 37.3 Å². The summed E-state index contributed by atoms with van der Waals surface area (Å²) in [6.07, 6.45) is 1.65. The third-order valence-corrected chi connectivity index (χ3v) is 13.4. The molecule has 0 aliphatic heterocycles. The standard InChI is InChI=1S/C48H35N3S2/c1-47(2)40-11-7-5-9-36(40)38-20-17-33(26-42(38)47)51(34-18-21-39-37-10-6-8-12-41(37)48(3,4)43(39)27-34)32-15-13-31(14-16-32)44-23-24-46(53-44)45-22-19-35(52-45)25-30(28-49)29-50/h5-27H,1-4H3. The average molecular weight is 718 g/mol. The molecule has 9 rings (SSSR count). The highest BCUT2D eigenvalue weighted by molar-refractivity contribution is 7.24. The molecule has 0 unspecified atom stereocenters. The van der Waals surface area contributed by atoms with Crippen LogP contribution in [0.1, 0.15) is 54.8 Å². The molecule has 0 saturated heterocycles. The van der Waals surface area contributed by atoms with E-state index in [-0.39, 0.29) is 16.4 Å². The zero-order valence-corrected chi connectivity index (χ0v) is 31.6. The van der Waals surface area contributed by atoms with Crippen molar-refractivity contribution >= 4 is 45.8 Å². The van der Waals surface area contributed by atoms with Crippen molar-refractivity contribution < 1.29 is 0 Å². The van der Waals surface area contributed by atoms with E-state index in [2.05, 4.69) is 160 Å². The molecule has 0 N–H and O–H groups in total. The maximum absolute atomic E-state index is 9.17. The fourth-order valence-corrected chi connectivity index (χ4v) is 10.4. The largest absolute Gasteiger partial charge is 0.310 e. The number of fused-ring (bicyclic) bond motifs is 6. The number of thiophene rings is 2. The van der Waals surface area contributed by atoms with Gasteiger partial charge in [-0.15, -0.1) is 22.7 Å². The monoisotopic (exact) mass is 717 g/mol. The van der Waals surface area contributed by atoms with Gasteiger partial charge in [0.2, 0.25) is 0 Å². The van der Waals surface area contributed by atoms with Gasteiger partial charge in [-0.25, -0.2) is 0 Å². The zero-order chi connectivity index (χ0) is 36.5. The van der Waals surface area contributed by atoms with Gasteiger partial charge < -0.3 is 4.90 Å². The van der Waals surface area contributed by atoms with Crippen LogP contribution in [0.2, 0.25) is 0 Å². The first-order valence-electron chi connectivity index (χ1n) is 17.8. The Bertz CT molecular complexity index is 2580. The van der Waals surface area contributed by atoms with Crippen molar-refractivity contribution in [1.82, 2.24) is 0 Å². The van der Waals surface area contributed by atoms with Crippen LogP contribution in [-0.4, -0.2) is 0 Å². The van der Waals surface area contributed by atoms with Gasteiger partial charge in [-0.1, -0.05) is 100 Å². The summed E-state index contributed by atoms with van der Waals surface area (Å²) in [5.74, 6) is 0. The summed E-state index contributed by atoms with van der Waals surface area (Å²) in [4.78, 5) is 6.78. The number of rotatable bonds is 6. The summed E-state index contributed by atoms with van der Waals surface area (Å²) < 4.78 is 0. The Morgan fingerprint density at radius 1 is 0.509 bits per heavy atom. The number of nitrogens with zero attached hydrogens (tertiary/aromatic N) is 3. The maximum Gasteiger partial charge on any atom is 0.131 e. The molecule has 3 nitrogen and oxygen atoms in total. The minimum Gasteiger partial charge on any atom is -0.310 e. The van der Waals surface area contributed by atoms with Crippen molar-refractivity contribution in [3.8, 4) is 54.6 Å². The number of hydrogen-bond donors (Lipinski definition) is 0. The third-order valence-electron chi connectivity index (χ3n) is 11.1. The fourth-order valence-electron chi connectivity index (χ4n) is 8.30. The first-order chi connectivity index (χ1) is 25.7. The summed E-state index contributed by atoms with van der Waals surface area (Å²) in [7, 11) is 0. The molecular weight excluding hydrogens is 683 g/mol. The normalized spacial score (nSPS) is 13.9. The van der Waals surface area contributed by atoms with Crippen LogP contribution in [0.3, 0.4) is 0 Å². The average Bonchev–Trinajstić information content (AvgIpc) is 3.96. The minimum atomic E-state index is -0.108. The van der Waals surface area contributed by atoms with Gasteiger partial charge in [0.15, 0.2) is 0 Å². The lowest BCUT2D eigenvalue weighted by molar-refractivity contribution is 0.660. The minimum absolute atomic E-state index is 0.108. The van der Waals surface area contributed by atoms with Gasteiger partial charge in [0, 0.05) is 47.4 Å². The molecule has 0 radical (unpaired) electrons. The van der Waals surface area contributed by atoms with E-state index < -0.39 is 0 Å². The van der Waals surface area contributed by atoms with Crippen LogP contribution in [0, 0.1) is 22.7 Å². The Labute approximate surface area is 319 Å². The van der Waals surface area contributed by atoms with E-state index in [1.807, 2.05) is 18.2 Å². The summed E-state index contributed by atoms with van der Waals surface area (Å²) >= 11 is 3.34. The van der Waals surface area contributed by atoms with E-state index in [1.54, 1.807) is 28.7 Å². The molecule has 2 heterocycles. The second-order valence-electron chi connectivity index (χ2n) is 14.8. The number of allylic oxidation sites excluding steroid dienone is 1. The predicted octanol–water partition coefficient (Wildman–Crippen LogP) is 13.7. The van der Waals surface area contributed by atoms with Gasteiger partial charge >= 0.3 is 0 Å². The van der Waals surface area contributed by atoms with Crippen molar-refractivity contribution in [2.75, 3.05) is 4.90 Å². The van der Waals surface area contributed by atoms with Crippen molar-refractivity contribution in [2.45, 2.75) is 38.5 Å². The van der Waals surface area contributed by atoms with Crippen LogP contribution >= 0.6 is 22.7 Å². The molecule has 0 amide bonds. The van der Waals surface area contributed by atoms with E-state index in [1.165, 1.54) is 49.4 Å². The number of anilines is 3. The number of nitriles is 2. The molecule has 0 bridgehead atoms. The van der Waals surface area contributed by atoms with Crippen LogP contribution in [0.25, 0.3) is 48.5 Å². The van der Waals surface area contributed by atoms with Crippen molar-refractivity contribution in [3.63, 3.8) is 0 Å². The Balaban J connectivity index is 1.11. The maximum atomic E-state index is 9.17. The van der Waals surface area contributed by atoms with E-state index in [0.29, 0.717) is 0 Å². The highest BCUT2D eigenvalue weighted by atomic mass is 32.1. The molecule has 0 spiro atoms. The summed E-state index contributed by atoms with van der Waals surface area (Å²) in [5.41, 5.74) is 15.2. The zero-order valence-electron chi connectivity index (χ0n) is 29.9. The molecule has 254 valence electrons. The second-order valence-corrected chi connectivity index (χ2v) is 17.0. The Hall–Kier alpha value is -5.98. The van der Waals surface area contributed by atoms with Crippen LogP contribution in [0.4, 0.5) is 17.1 Å². The van der Waals surface area contributed by atoms with E-state index in [4.69, 9.17) is 10.5 Å². The van der Waals surface area contributed by atoms with Gasteiger partial charge in [0.1, 0.15) is 17.7 Å². The molecule has 0 saturated carbocycles. The summed E-state index contributed by atoms with van der Waals surface area (Å²) in [6.45, 7) is 9.37.